The average molecular weight is 329 g/mol. The molecule has 0 spiro atoms. The summed E-state index contributed by atoms with van der Waals surface area (Å²) in [6, 6.07) is 3.82. The summed E-state index contributed by atoms with van der Waals surface area (Å²) in [5.74, 6) is -0.560. The predicted octanol–water partition coefficient (Wildman–Crippen LogP) is 1.31. The van der Waals surface area contributed by atoms with Gasteiger partial charge in [-0.1, -0.05) is 18.9 Å². The largest absolute Gasteiger partial charge is 0.356 e. The van der Waals surface area contributed by atoms with E-state index in [-0.39, 0.29) is 42.5 Å². The third kappa shape index (κ3) is 3.63. The first-order chi connectivity index (χ1) is 11.7. The molecule has 0 bridgehead atoms. The maximum absolute atomic E-state index is 12.3. The first-order valence-corrected chi connectivity index (χ1v) is 8.67. The summed E-state index contributed by atoms with van der Waals surface area (Å²) < 4.78 is 0. The zero-order valence-electron chi connectivity index (χ0n) is 13.7. The van der Waals surface area contributed by atoms with Gasteiger partial charge in [-0.05, 0) is 30.9 Å². The zero-order chi connectivity index (χ0) is 16.9. The van der Waals surface area contributed by atoms with Crippen LogP contribution in [0.1, 0.15) is 37.7 Å². The Hall–Kier alpha value is -2.24. The van der Waals surface area contributed by atoms with E-state index < -0.39 is 0 Å². The lowest BCUT2D eigenvalue weighted by molar-refractivity contribution is -0.140. The Bertz CT molecular complexity index is 593. The van der Waals surface area contributed by atoms with Crippen molar-refractivity contribution in [1.82, 2.24) is 15.2 Å². The summed E-state index contributed by atoms with van der Waals surface area (Å²) in [5.41, 5.74) is 1.06. The molecule has 2 unspecified atom stereocenters. The Morgan fingerprint density at radius 2 is 1.92 bits per heavy atom. The van der Waals surface area contributed by atoms with Crippen LogP contribution in [0.2, 0.25) is 0 Å². The maximum atomic E-state index is 12.3. The van der Waals surface area contributed by atoms with Gasteiger partial charge in [-0.3, -0.25) is 24.3 Å². The van der Waals surface area contributed by atoms with Crippen LogP contribution in [0.5, 0.6) is 0 Å². The fraction of sp³-hybridized carbons (Fsp3) is 0.556. The lowest BCUT2D eigenvalue weighted by Gasteiger charge is -2.19. The van der Waals surface area contributed by atoms with Crippen molar-refractivity contribution < 1.29 is 14.4 Å². The van der Waals surface area contributed by atoms with Crippen LogP contribution in [0, 0.1) is 11.8 Å². The van der Waals surface area contributed by atoms with E-state index >= 15 is 0 Å². The average Bonchev–Trinajstić information content (AvgIpc) is 2.85. The molecule has 1 aliphatic heterocycles. The van der Waals surface area contributed by atoms with Crippen molar-refractivity contribution in [1.29, 1.82) is 0 Å². The van der Waals surface area contributed by atoms with E-state index in [2.05, 4.69) is 10.3 Å². The highest BCUT2D eigenvalue weighted by molar-refractivity contribution is 6.05. The van der Waals surface area contributed by atoms with E-state index in [1.54, 1.807) is 12.4 Å². The van der Waals surface area contributed by atoms with Gasteiger partial charge in [-0.15, -0.1) is 0 Å². The molecule has 1 aromatic heterocycles. The summed E-state index contributed by atoms with van der Waals surface area (Å²) in [6.45, 7) is 0.723. The lowest BCUT2D eigenvalue weighted by Crippen LogP contribution is -2.35. The normalized spacial score (nSPS) is 23.2. The number of likely N-dealkylation sites (tertiary alicyclic amines) is 1. The lowest BCUT2D eigenvalue weighted by atomic mass is 9.81. The van der Waals surface area contributed by atoms with E-state index in [1.807, 2.05) is 12.1 Å². The van der Waals surface area contributed by atoms with Gasteiger partial charge >= 0.3 is 0 Å². The number of imide groups is 1. The van der Waals surface area contributed by atoms with Crippen LogP contribution in [-0.2, 0) is 20.8 Å². The highest BCUT2D eigenvalue weighted by Crippen LogP contribution is 2.37. The molecule has 0 radical (unpaired) electrons. The van der Waals surface area contributed by atoms with Crippen molar-refractivity contribution in [3.63, 3.8) is 0 Å². The molecule has 2 fully saturated rings. The Morgan fingerprint density at radius 1 is 1.21 bits per heavy atom. The first-order valence-electron chi connectivity index (χ1n) is 8.67. The molecule has 2 heterocycles. The van der Waals surface area contributed by atoms with E-state index in [4.69, 9.17) is 0 Å². The summed E-state index contributed by atoms with van der Waals surface area (Å²) in [5, 5.41) is 2.83. The van der Waals surface area contributed by atoms with Crippen LogP contribution < -0.4 is 5.32 Å². The Balaban J connectivity index is 1.42. The molecule has 1 aromatic rings. The fourth-order valence-corrected chi connectivity index (χ4v) is 3.65. The maximum Gasteiger partial charge on any atom is 0.233 e. The van der Waals surface area contributed by atoms with Crippen LogP contribution in [0.4, 0.5) is 0 Å². The Kier molecular flexibility index (Phi) is 5.23. The topological polar surface area (TPSA) is 79.4 Å². The van der Waals surface area contributed by atoms with Crippen molar-refractivity contribution in [3.05, 3.63) is 30.1 Å². The summed E-state index contributed by atoms with van der Waals surface area (Å²) in [4.78, 5) is 41.9. The molecule has 128 valence electrons. The van der Waals surface area contributed by atoms with Crippen LogP contribution >= 0.6 is 0 Å². The van der Waals surface area contributed by atoms with E-state index in [0.29, 0.717) is 13.0 Å². The number of hydrogen-bond acceptors (Lipinski definition) is 4. The molecule has 2 aliphatic rings. The third-order valence-corrected chi connectivity index (χ3v) is 4.95. The van der Waals surface area contributed by atoms with Gasteiger partial charge in [-0.25, -0.2) is 0 Å². The molecule has 1 N–H and O–H groups in total. The van der Waals surface area contributed by atoms with Crippen molar-refractivity contribution in [2.75, 3.05) is 13.1 Å². The van der Waals surface area contributed by atoms with Gasteiger partial charge in [0.2, 0.25) is 17.7 Å². The minimum Gasteiger partial charge on any atom is -0.356 e. The van der Waals surface area contributed by atoms with E-state index in [9.17, 15) is 14.4 Å². The van der Waals surface area contributed by atoms with Crippen molar-refractivity contribution in [2.45, 2.75) is 38.5 Å². The number of pyridine rings is 1. The third-order valence-electron chi connectivity index (χ3n) is 4.95. The van der Waals surface area contributed by atoms with E-state index in [0.717, 1.165) is 31.2 Å². The number of nitrogens with one attached hydrogen (secondary N) is 1. The van der Waals surface area contributed by atoms with Gasteiger partial charge in [0, 0.05) is 31.9 Å². The number of carbonyl (C=O) groups excluding carboxylic acids is 3. The van der Waals surface area contributed by atoms with Crippen LogP contribution in [0.25, 0.3) is 0 Å². The molecule has 1 aliphatic carbocycles. The fourth-order valence-electron chi connectivity index (χ4n) is 3.65. The van der Waals surface area contributed by atoms with Crippen molar-refractivity contribution >= 4 is 17.7 Å². The molecule has 24 heavy (non-hydrogen) atoms. The number of aromatic nitrogens is 1. The number of hydrogen-bond donors (Lipinski definition) is 1. The summed E-state index contributed by atoms with van der Waals surface area (Å²) >= 11 is 0. The standard InChI is InChI=1S/C18H23N3O3/c22-16(20-10-7-13-4-3-9-19-12-13)8-11-21-17(23)14-5-1-2-6-15(14)18(21)24/h3-4,9,12,14-15H,1-2,5-8,10-11H2,(H,20,22). The molecule has 2 atom stereocenters. The second kappa shape index (κ2) is 7.55. The smallest absolute Gasteiger partial charge is 0.233 e. The number of amides is 3. The molecular formula is C18H23N3O3. The highest BCUT2D eigenvalue weighted by Gasteiger charge is 2.47. The second-order valence-corrected chi connectivity index (χ2v) is 6.54. The molecule has 3 amide bonds. The molecule has 1 saturated heterocycles. The van der Waals surface area contributed by atoms with Gasteiger partial charge in [0.1, 0.15) is 0 Å². The Labute approximate surface area is 141 Å². The van der Waals surface area contributed by atoms with Crippen LogP contribution in [-0.4, -0.2) is 40.7 Å². The minimum atomic E-state index is -0.139. The van der Waals surface area contributed by atoms with Crippen molar-refractivity contribution in [3.8, 4) is 0 Å². The van der Waals surface area contributed by atoms with Crippen LogP contribution in [0.3, 0.4) is 0 Å². The number of rotatable bonds is 6. The SMILES string of the molecule is O=C(CCN1C(=O)C2CCCCC2C1=O)NCCc1cccnc1. The number of carbonyl (C=O) groups is 3. The van der Waals surface area contributed by atoms with Gasteiger partial charge in [0.15, 0.2) is 0 Å². The predicted molar refractivity (Wildman–Crippen MR) is 87.7 cm³/mol. The number of nitrogens with zero attached hydrogens (tertiary/aromatic N) is 2. The molecule has 6 heteroatoms. The molecular weight excluding hydrogens is 306 g/mol. The minimum absolute atomic E-state index is 0.0761. The summed E-state index contributed by atoms with van der Waals surface area (Å²) in [6.07, 6.45) is 8.02. The molecule has 6 nitrogen and oxygen atoms in total. The molecule has 1 saturated carbocycles. The van der Waals surface area contributed by atoms with Gasteiger partial charge in [0.05, 0.1) is 11.8 Å². The van der Waals surface area contributed by atoms with Gasteiger partial charge < -0.3 is 5.32 Å². The van der Waals surface area contributed by atoms with E-state index in [1.165, 1.54) is 4.90 Å². The zero-order valence-corrected chi connectivity index (χ0v) is 13.7. The molecule has 0 aromatic carbocycles. The summed E-state index contributed by atoms with van der Waals surface area (Å²) in [7, 11) is 0. The van der Waals surface area contributed by atoms with Gasteiger partial charge in [-0.2, -0.15) is 0 Å². The quantitative estimate of drug-likeness (QED) is 0.798. The molecule has 3 rings (SSSR count). The van der Waals surface area contributed by atoms with Crippen LogP contribution in [0.15, 0.2) is 24.5 Å². The highest BCUT2D eigenvalue weighted by atomic mass is 16.2. The Morgan fingerprint density at radius 3 is 2.54 bits per heavy atom. The first kappa shape index (κ1) is 16.6. The second-order valence-electron chi connectivity index (χ2n) is 6.54. The monoisotopic (exact) mass is 329 g/mol. The number of fused-ring (bicyclic) bond motifs is 1. The van der Waals surface area contributed by atoms with Gasteiger partial charge in [0.25, 0.3) is 0 Å². The van der Waals surface area contributed by atoms with Crippen molar-refractivity contribution in [2.24, 2.45) is 11.8 Å².